The molecule has 0 bridgehead atoms. The second-order valence-corrected chi connectivity index (χ2v) is 5.65. The summed E-state index contributed by atoms with van der Waals surface area (Å²) in [5, 5.41) is 0.771. The van der Waals surface area contributed by atoms with Crippen LogP contribution in [0.15, 0.2) is 43.0 Å². The highest BCUT2D eigenvalue weighted by atomic mass is 35.5. The maximum atomic E-state index is 6.54. The Balaban J connectivity index is 2.01. The number of halogens is 1. The van der Waals surface area contributed by atoms with Crippen molar-refractivity contribution in [2.45, 2.75) is 19.3 Å². The fraction of sp³-hybridized carbons (Fsp3) is 0.235. The smallest absolute Gasteiger partial charge is 0.316 e. The summed E-state index contributed by atoms with van der Waals surface area (Å²) in [6.07, 6.45) is 5.86. The summed E-state index contributed by atoms with van der Waals surface area (Å²) in [5.74, 6) is 0.0320. The highest BCUT2D eigenvalue weighted by molar-refractivity contribution is 6.32. The number of H-pyrrole nitrogens is 1. The molecule has 0 aliphatic carbocycles. The van der Waals surface area contributed by atoms with Crippen molar-refractivity contribution in [3.8, 4) is 6.01 Å². The molecule has 1 aromatic carbocycles. The minimum atomic E-state index is 0.0320. The molecule has 0 amide bonds. The molecular weight excluding hydrogens is 312 g/mol. The van der Waals surface area contributed by atoms with Gasteiger partial charge >= 0.3 is 6.01 Å². The zero-order valence-corrected chi connectivity index (χ0v) is 13.7. The summed E-state index contributed by atoms with van der Waals surface area (Å²) in [7, 11) is 1.56. The first kappa shape index (κ1) is 15.5. The maximum absolute atomic E-state index is 6.54. The number of aromatic nitrogens is 4. The van der Waals surface area contributed by atoms with Crippen molar-refractivity contribution >= 4 is 11.6 Å². The van der Waals surface area contributed by atoms with Crippen molar-refractivity contribution in [1.29, 1.82) is 0 Å². The van der Waals surface area contributed by atoms with Gasteiger partial charge in [0.1, 0.15) is 0 Å². The van der Waals surface area contributed by atoms with Gasteiger partial charge in [0.2, 0.25) is 0 Å². The van der Waals surface area contributed by atoms with Gasteiger partial charge in [0, 0.05) is 41.1 Å². The number of methoxy groups -OCH3 is 1. The predicted octanol–water partition coefficient (Wildman–Crippen LogP) is 3.54. The van der Waals surface area contributed by atoms with Crippen molar-refractivity contribution < 1.29 is 4.74 Å². The summed E-state index contributed by atoms with van der Waals surface area (Å²) in [5.41, 5.74) is 3.98. The van der Waals surface area contributed by atoms with Gasteiger partial charge in [0.25, 0.3) is 0 Å². The topological polar surface area (TPSA) is 63.7 Å². The van der Waals surface area contributed by atoms with Crippen LogP contribution < -0.4 is 4.74 Å². The van der Waals surface area contributed by atoms with E-state index in [2.05, 4.69) is 19.9 Å². The lowest BCUT2D eigenvalue weighted by Crippen LogP contribution is -2.09. The van der Waals surface area contributed by atoms with E-state index in [0.29, 0.717) is 12.4 Å². The predicted molar refractivity (Wildman–Crippen MR) is 88.9 cm³/mol. The number of hydrogen-bond donors (Lipinski definition) is 1. The molecule has 1 unspecified atom stereocenters. The minimum Gasteiger partial charge on any atom is -0.467 e. The third-order valence-electron chi connectivity index (χ3n) is 3.78. The minimum absolute atomic E-state index is 0.0320. The van der Waals surface area contributed by atoms with Gasteiger partial charge in [-0.15, -0.1) is 0 Å². The molecule has 0 radical (unpaired) electrons. The normalized spacial score (nSPS) is 12.1. The summed E-state index contributed by atoms with van der Waals surface area (Å²) in [6.45, 7) is 2.00. The Kier molecular flexibility index (Phi) is 4.57. The van der Waals surface area contributed by atoms with E-state index in [4.69, 9.17) is 16.3 Å². The van der Waals surface area contributed by atoms with Crippen LogP contribution in [0.4, 0.5) is 0 Å². The van der Waals surface area contributed by atoms with E-state index in [0.717, 1.165) is 27.5 Å². The van der Waals surface area contributed by atoms with Crippen LogP contribution in [0.3, 0.4) is 0 Å². The number of nitrogens with zero attached hydrogens (tertiary/aromatic N) is 3. The number of aryl methyl sites for hydroxylation is 1. The fourth-order valence-electron chi connectivity index (χ4n) is 2.58. The van der Waals surface area contributed by atoms with Crippen LogP contribution in [0.1, 0.15) is 28.4 Å². The Bertz CT molecular complexity index is 789. The summed E-state index contributed by atoms with van der Waals surface area (Å²) < 4.78 is 5.11. The summed E-state index contributed by atoms with van der Waals surface area (Å²) in [4.78, 5) is 15.8. The molecule has 3 rings (SSSR count). The van der Waals surface area contributed by atoms with Crippen LogP contribution in [-0.2, 0) is 6.42 Å². The highest BCUT2D eigenvalue weighted by Gasteiger charge is 2.20. The Morgan fingerprint density at radius 3 is 2.91 bits per heavy atom. The maximum Gasteiger partial charge on any atom is 0.316 e. The molecule has 5 nitrogen and oxygen atoms in total. The fourth-order valence-corrected chi connectivity index (χ4v) is 2.84. The lowest BCUT2D eigenvalue weighted by Gasteiger charge is -2.18. The first-order chi connectivity index (χ1) is 11.2. The first-order valence-corrected chi connectivity index (χ1v) is 7.66. The van der Waals surface area contributed by atoms with Gasteiger partial charge in [-0.3, -0.25) is 0 Å². The molecule has 23 heavy (non-hydrogen) atoms. The van der Waals surface area contributed by atoms with Gasteiger partial charge in [-0.2, -0.15) is 0 Å². The van der Waals surface area contributed by atoms with Crippen LogP contribution in [0.25, 0.3) is 0 Å². The largest absolute Gasteiger partial charge is 0.467 e. The van der Waals surface area contributed by atoms with Crippen molar-refractivity contribution in [3.63, 3.8) is 0 Å². The van der Waals surface area contributed by atoms with Crippen molar-refractivity contribution in [3.05, 3.63) is 70.5 Å². The molecule has 0 fully saturated rings. The van der Waals surface area contributed by atoms with Crippen molar-refractivity contribution in [1.82, 2.24) is 19.9 Å². The summed E-state index contributed by atoms with van der Waals surface area (Å²) >= 11 is 6.54. The number of nitrogens with one attached hydrogen (secondary N) is 1. The Hall–Kier alpha value is -2.40. The zero-order chi connectivity index (χ0) is 16.2. The molecule has 6 heteroatoms. The van der Waals surface area contributed by atoms with Crippen LogP contribution in [0.2, 0.25) is 5.02 Å². The van der Waals surface area contributed by atoms with Gasteiger partial charge in [-0.1, -0.05) is 29.8 Å². The molecule has 2 heterocycles. The van der Waals surface area contributed by atoms with E-state index in [1.807, 2.05) is 37.4 Å². The van der Waals surface area contributed by atoms with Crippen LogP contribution in [0.5, 0.6) is 6.01 Å². The molecule has 1 atom stereocenters. The number of hydrogen-bond acceptors (Lipinski definition) is 4. The number of rotatable bonds is 5. The molecule has 3 aromatic rings. The average molecular weight is 329 g/mol. The van der Waals surface area contributed by atoms with Gasteiger partial charge in [-0.25, -0.2) is 15.0 Å². The Morgan fingerprint density at radius 1 is 1.30 bits per heavy atom. The molecule has 0 saturated heterocycles. The monoisotopic (exact) mass is 328 g/mol. The Morgan fingerprint density at radius 2 is 2.17 bits per heavy atom. The second-order valence-electron chi connectivity index (χ2n) is 5.28. The van der Waals surface area contributed by atoms with E-state index >= 15 is 0 Å². The Labute approximate surface area is 139 Å². The quantitative estimate of drug-likeness (QED) is 0.778. The SMILES string of the molecule is COc1nccc(CC(c2cnc[nH]2)c2cccc(C)c2Cl)n1. The van der Waals surface area contributed by atoms with Gasteiger partial charge in [0.05, 0.1) is 13.4 Å². The number of aromatic amines is 1. The molecule has 0 saturated carbocycles. The first-order valence-electron chi connectivity index (χ1n) is 7.28. The third kappa shape index (κ3) is 3.35. The average Bonchev–Trinajstić information content (AvgIpc) is 3.10. The lowest BCUT2D eigenvalue weighted by molar-refractivity contribution is 0.377. The van der Waals surface area contributed by atoms with Crippen LogP contribution in [0, 0.1) is 6.92 Å². The van der Waals surface area contributed by atoms with Gasteiger partial charge in [0.15, 0.2) is 0 Å². The van der Waals surface area contributed by atoms with Crippen LogP contribution in [-0.4, -0.2) is 27.0 Å². The number of imidazole rings is 1. The number of benzene rings is 1. The molecule has 0 aliphatic heterocycles. The van der Waals surface area contributed by atoms with Gasteiger partial charge in [-0.05, 0) is 24.1 Å². The van der Waals surface area contributed by atoms with E-state index < -0.39 is 0 Å². The van der Waals surface area contributed by atoms with E-state index in [-0.39, 0.29) is 5.92 Å². The van der Waals surface area contributed by atoms with Crippen LogP contribution >= 0.6 is 11.6 Å². The molecule has 2 aromatic heterocycles. The molecule has 1 N–H and O–H groups in total. The number of ether oxygens (including phenoxy) is 1. The lowest BCUT2D eigenvalue weighted by atomic mass is 9.90. The standard InChI is InChI=1S/C17H17ClN4O/c1-11-4-3-5-13(16(11)18)14(15-9-19-10-21-15)8-12-6-7-20-17(22-12)23-2/h3-7,9-10,14H,8H2,1-2H3,(H,19,21). The van der Waals surface area contributed by atoms with Crippen molar-refractivity contribution in [2.75, 3.05) is 7.11 Å². The van der Waals surface area contributed by atoms with Crippen molar-refractivity contribution in [2.24, 2.45) is 0 Å². The second kappa shape index (κ2) is 6.79. The van der Waals surface area contributed by atoms with E-state index in [1.54, 1.807) is 19.6 Å². The third-order valence-corrected chi connectivity index (χ3v) is 4.30. The summed E-state index contributed by atoms with van der Waals surface area (Å²) in [6, 6.07) is 8.31. The zero-order valence-electron chi connectivity index (χ0n) is 13.0. The molecule has 0 aliphatic rings. The van der Waals surface area contributed by atoms with E-state index in [1.165, 1.54) is 0 Å². The molecule has 0 spiro atoms. The van der Waals surface area contributed by atoms with E-state index in [9.17, 15) is 0 Å². The molecule has 118 valence electrons. The highest BCUT2D eigenvalue weighted by Crippen LogP contribution is 2.33. The molecular formula is C17H17ClN4O. The van der Waals surface area contributed by atoms with Gasteiger partial charge < -0.3 is 9.72 Å².